The number of amides is 1. The molecule has 0 aliphatic carbocycles. The van der Waals surface area contributed by atoms with Crippen molar-refractivity contribution < 1.29 is 22.0 Å². The van der Waals surface area contributed by atoms with Crippen molar-refractivity contribution in [3.63, 3.8) is 0 Å². The van der Waals surface area contributed by atoms with Crippen LogP contribution in [0.2, 0.25) is 5.02 Å². The highest BCUT2D eigenvalue weighted by atomic mass is 35.5. The largest absolute Gasteiger partial charge is 0.459 e. The van der Waals surface area contributed by atoms with E-state index in [1.807, 2.05) is 6.92 Å². The maximum absolute atomic E-state index is 13.0. The molecule has 9 nitrogen and oxygen atoms in total. The number of rotatable bonds is 9. The number of carbonyl (C=O) groups excluding carboxylic acids is 1. The van der Waals surface area contributed by atoms with Crippen molar-refractivity contribution in [1.82, 2.24) is 15.1 Å². The third kappa shape index (κ3) is 5.39. The van der Waals surface area contributed by atoms with Gasteiger partial charge in [0.15, 0.2) is 5.76 Å². The van der Waals surface area contributed by atoms with E-state index in [0.29, 0.717) is 29.4 Å². The average Bonchev–Trinajstić information content (AvgIpc) is 3.36. The lowest BCUT2D eigenvalue weighted by Crippen LogP contribution is -2.42. The van der Waals surface area contributed by atoms with E-state index in [1.165, 1.54) is 17.2 Å². The van der Waals surface area contributed by atoms with E-state index < -0.39 is 15.9 Å². The summed E-state index contributed by atoms with van der Waals surface area (Å²) < 4.78 is 36.4. The summed E-state index contributed by atoms with van der Waals surface area (Å²) in [5.41, 5.74) is 0.313. The van der Waals surface area contributed by atoms with Gasteiger partial charge in [0.2, 0.25) is 21.8 Å². The van der Waals surface area contributed by atoms with Crippen molar-refractivity contribution in [1.29, 1.82) is 0 Å². The summed E-state index contributed by atoms with van der Waals surface area (Å²) in [6.07, 6.45) is 3.20. The van der Waals surface area contributed by atoms with Crippen LogP contribution in [0.1, 0.15) is 19.2 Å². The van der Waals surface area contributed by atoms with Gasteiger partial charge >= 0.3 is 0 Å². The minimum absolute atomic E-state index is 0.0491. The first-order chi connectivity index (χ1) is 14.3. The van der Waals surface area contributed by atoms with Crippen LogP contribution in [0.15, 0.2) is 51.5 Å². The molecule has 0 aliphatic rings. The van der Waals surface area contributed by atoms with E-state index in [9.17, 15) is 13.2 Å². The number of anilines is 1. The van der Waals surface area contributed by atoms with Crippen LogP contribution in [-0.4, -0.2) is 48.8 Å². The second kappa shape index (κ2) is 9.31. The fourth-order valence-electron chi connectivity index (χ4n) is 2.80. The number of sulfonamides is 1. The third-order valence-electron chi connectivity index (χ3n) is 4.15. The number of hydrogen-bond donors (Lipinski definition) is 0. The zero-order valence-corrected chi connectivity index (χ0v) is 18.1. The van der Waals surface area contributed by atoms with Gasteiger partial charge in [0.25, 0.3) is 5.89 Å². The molecule has 1 amide bonds. The number of carbonyl (C=O) groups is 1. The van der Waals surface area contributed by atoms with Crippen molar-refractivity contribution in [3.05, 3.63) is 53.6 Å². The molecule has 3 aromatic rings. The molecular formula is C19H21ClN4O5S. The van der Waals surface area contributed by atoms with E-state index in [4.69, 9.17) is 20.4 Å². The topological polar surface area (TPSA) is 110 Å². The third-order valence-corrected chi connectivity index (χ3v) is 5.52. The molecule has 2 aromatic heterocycles. The van der Waals surface area contributed by atoms with Gasteiger partial charge in [-0.25, -0.2) is 8.42 Å². The predicted molar refractivity (Wildman–Crippen MR) is 111 cm³/mol. The van der Waals surface area contributed by atoms with E-state index in [0.717, 1.165) is 10.6 Å². The highest BCUT2D eigenvalue weighted by Crippen LogP contribution is 2.22. The number of furan rings is 1. The van der Waals surface area contributed by atoms with Crippen LogP contribution in [0.25, 0.3) is 11.7 Å². The number of nitrogens with zero attached hydrogens (tertiary/aromatic N) is 4. The first kappa shape index (κ1) is 21.8. The molecule has 160 valence electrons. The number of halogens is 1. The number of hydrogen-bond acceptors (Lipinski definition) is 7. The van der Waals surface area contributed by atoms with E-state index in [1.54, 1.807) is 30.3 Å². The van der Waals surface area contributed by atoms with Crippen LogP contribution in [0.4, 0.5) is 5.69 Å². The Hall–Kier alpha value is -2.85. The average molecular weight is 453 g/mol. The predicted octanol–water partition coefficient (Wildman–Crippen LogP) is 3.19. The molecule has 1 aromatic carbocycles. The Labute approximate surface area is 179 Å². The Morgan fingerprint density at radius 1 is 1.20 bits per heavy atom. The molecule has 2 heterocycles. The van der Waals surface area contributed by atoms with Crippen LogP contribution >= 0.6 is 11.6 Å². The lowest BCUT2D eigenvalue weighted by molar-refractivity contribution is -0.130. The van der Waals surface area contributed by atoms with E-state index in [-0.39, 0.29) is 24.9 Å². The molecule has 0 bridgehead atoms. The monoisotopic (exact) mass is 452 g/mol. The molecule has 11 heteroatoms. The minimum Gasteiger partial charge on any atom is -0.459 e. The normalized spacial score (nSPS) is 11.4. The van der Waals surface area contributed by atoms with Gasteiger partial charge in [-0.2, -0.15) is 0 Å². The van der Waals surface area contributed by atoms with Gasteiger partial charge < -0.3 is 13.7 Å². The highest BCUT2D eigenvalue weighted by Gasteiger charge is 2.25. The molecule has 0 aliphatic heterocycles. The van der Waals surface area contributed by atoms with Crippen molar-refractivity contribution in [2.75, 3.05) is 23.7 Å². The quantitative estimate of drug-likeness (QED) is 0.490. The van der Waals surface area contributed by atoms with Crippen LogP contribution < -0.4 is 4.31 Å². The Bertz CT molecular complexity index is 1100. The Morgan fingerprint density at radius 2 is 2.00 bits per heavy atom. The van der Waals surface area contributed by atoms with Gasteiger partial charge in [0.1, 0.15) is 6.54 Å². The second-order valence-electron chi connectivity index (χ2n) is 6.54. The van der Waals surface area contributed by atoms with Crippen LogP contribution in [0.3, 0.4) is 0 Å². The van der Waals surface area contributed by atoms with Crippen LogP contribution in [-0.2, 0) is 21.4 Å². The van der Waals surface area contributed by atoms with Crippen molar-refractivity contribution in [2.45, 2.75) is 19.9 Å². The molecule has 0 atom stereocenters. The smallest absolute Gasteiger partial charge is 0.283 e. The maximum Gasteiger partial charge on any atom is 0.283 e. The van der Waals surface area contributed by atoms with E-state index >= 15 is 0 Å². The number of benzene rings is 1. The van der Waals surface area contributed by atoms with Gasteiger partial charge in [0.05, 0.1) is 24.8 Å². The SMILES string of the molecule is CCCN(Cc1nnc(-c2ccco2)o1)C(=O)CN(c1cccc(Cl)c1)S(C)(=O)=O. The number of aromatic nitrogens is 2. The first-order valence-corrected chi connectivity index (χ1v) is 11.4. The van der Waals surface area contributed by atoms with Gasteiger partial charge in [-0.1, -0.05) is 24.6 Å². The lowest BCUT2D eigenvalue weighted by Gasteiger charge is -2.26. The fraction of sp³-hybridized carbons (Fsp3) is 0.316. The van der Waals surface area contributed by atoms with Crippen molar-refractivity contribution in [2.24, 2.45) is 0 Å². The molecule has 0 N–H and O–H groups in total. The van der Waals surface area contributed by atoms with Crippen molar-refractivity contribution in [3.8, 4) is 11.7 Å². The Morgan fingerprint density at radius 3 is 2.63 bits per heavy atom. The summed E-state index contributed by atoms with van der Waals surface area (Å²) in [5.74, 6) is 0.443. The van der Waals surface area contributed by atoms with Gasteiger partial charge in [0, 0.05) is 11.6 Å². The lowest BCUT2D eigenvalue weighted by atomic mass is 10.3. The molecule has 0 unspecified atom stereocenters. The molecule has 0 spiro atoms. The molecule has 0 saturated carbocycles. The molecule has 3 rings (SSSR count). The van der Waals surface area contributed by atoms with Crippen LogP contribution in [0.5, 0.6) is 0 Å². The maximum atomic E-state index is 13.0. The zero-order chi connectivity index (χ0) is 21.7. The molecule has 0 radical (unpaired) electrons. The van der Waals surface area contributed by atoms with Crippen LogP contribution in [0, 0.1) is 0 Å². The molecule has 0 fully saturated rings. The standard InChI is InChI=1S/C19H21ClN4O5S/c1-3-9-23(12-17-21-22-19(29-17)16-8-5-10-28-16)18(25)13-24(30(2,26)27)15-7-4-6-14(20)11-15/h4-8,10-11H,3,9,12-13H2,1-2H3. The summed E-state index contributed by atoms with van der Waals surface area (Å²) in [7, 11) is -3.71. The zero-order valence-electron chi connectivity index (χ0n) is 16.5. The van der Waals surface area contributed by atoms with E-state index in [2.05, 4.69) is 10.2 Å². The second-order valence-corrected chi connectivity index (χ2v) is 8.89. The first-order valence-electron chi connectivity index (χ1n) is 9.15. The van der Waals surface area contributed by atoms with Gasteiger partial charge in [-0.05, 0) is 36.8 Å². The minimum atomic E-state index is -3.71. The fourth-order valence-corrected chi connectivity index (χ4v) is 3.82. The van der Waals surface area contributed by atoms with Gasteiger partial charge in [-0.15, -0.1) is 10.2 Å². The highest BCUT2D eigenvalue weighted by molar-refractivity contribution is 7.92. The molecule has 0 saturated heterocycles. The molecule has 30 heavy (non-hydrogen) atoms. The summed E-state index contributed by atoms with van der Waals surface area (Å²) in [5, 5.41) is 8.24. The summed E-state index contributed by atoms with van der Waals surface area (Å²) >= 11 is 5.99. The summed E-state index contributed by atoms with van der Waals surface area (Å²) in [6, 6.07) is 9.70. The summed E-state index contributed by atoms with van der Waals surface area (Å²) in [6.45, 7) is 1.98. The van der Waals surface area contributed by atoms with Gasteiger partial charge in [-0.3, -0.25) is 9.10 Å². The summed E-state index contributed by atoms with van der Waals surface area (Å²) in [4.78, 5) is 14.4. The Balaban J connectivity index is 1.78. The van der Waals surface area contributed by atoms with Crippen molar-refractivity contribution >= 4 is 33.2 Å². The molecular weight excluding hydrogens is 432 g/mol. The Kier molecular flexibility index (Phi) is 6.78.